The molecule has 0 aliphatic heterocycles. The Bertz CT molecular complexity index is 140. The molecule has 4 nitrogen and oxygen atoms in total. The van der Waals surface area contributed by atoms with Crippen LogP contribution in [0.15, 0.2) is 0 Å². The van der Waals surface area contributed by atoms with E-state index in [1.54, 1.807) is 0 Å². The third kappa shape index (κ3) is 4.75. The molecule has 11 heavy (non-hydrogen) atoms. The summed E-state index contributed by atoms with van der Waals surface area (Å²) in [6.07, 6.45) is 0. The van der Waals surface area contributed by atoms with Gasteiger partial charge in [-0.05, 0) is 20.8 Å². The number of aliphatic hydroxyl groups excluding tert-OH is 1. The second-order valence-electron chi connectivity index (χ2n) is 3.53. The Morgan fingerprint density at radius 3 is 2.18 bits per heavy atom. The Morgan fingerprint density at radius 2 is 2.09 bits per heavy atom. The molecule has 0 aromatic heterocycles. The summed E-state index contributed by atoms with van der Waals surface area (Å²) >= 11 is 0. The van der Waals surface area contributed by atoms with Crippen LogP contribution in [0.1, 0.15) is 20.8 Å². The highest BCUT2D eigenvalue weighted by atomic mass is 16.3. The molecule has 66 valence electrons. The standard InChI is InChI=1S/C7H16N2O2/c1-7(2,3)9-5(4-10)6(8)11/h5,9-10H,4H2,1-3H3,(H2,8,11)/t5-/m1/s1. The zero-order chi connectivity index (χ0) is 9.07. The molecule has 0 heterocycles. The summed E-state index contributed by atoms with van der Waals surface area (Å²) in [5.41, 5.74) is 4.79. The van der Waals surface area contributed by atoms with E-state index in [4.69, 9.17) is 10.8 Å². The minimum Gasteiger partial charge on any atom is -0.394 e. The van der Waals surface area contributed by atoms with Crippen molar-refractivity contribution < 1.29 is 9.90 Å². The minimum atomic E-state index is -0.644. The number of rotatable bonds is 3. The third-order valence-electron chi connectivity index (χ3n) is 1.13. The predicted molar refractivity (Wildman–Crippen MR) is 43.0 cm³/mol. The summed E-state index contributed by atoms with van der Waals surface area (Å²) in [4.78, 5) is 10.6. The molecule has 0 aliphatic rings. The van der Waals surface area contributed by atoms with Gasteiger partial charge in [-0.3, -0.25) is 10.1 Å². The molecule has 1 atom stereocenters. The van der Waals surface area contributed by atoms with Gasteiger partial charge in [0, 0.05) is 5.54 Å². The molecule has 4 heteroatoms. The fourth-order valence-electron chi connectivity index (χ4n) is 0.729. The van der Waals surface area contributed by atoms with Crippen LogP contribution < -0.4 is 11.1 Å². The molecular formula is C7H16N2O2. The highest BCUT2D eigenvalue weighted by Crippen LogP contribution is 2.00. The number of carbonyl (C=O) groups excluding carboxylic acids is 1. The maximum absolute atomic E-state index is 10.6. The van der Waals surface area contributed by atoms with Gasteiger partial charge in [-0.15, -0.1) is 0 Å². The topological polar surface area (TPSA) is 75.3 Å². The molecule has 0 spiro atoms. The van der Waals surface area contributed by atoms with Crippen LogP contribution >= 0.6 is 0 Å². The fraction of sp³-hybridized carbons (Fsp3) is 0.857. The number of carbonyl (C=O) groups is 1. The monoisotopic (exact) mass is 160 g/mol. The highest BCUT2D eigenvalue weighted by molar-refractivity contribution is 5.80. The lowest BCUT2D eigenvalue weighted by molar-refractivity contribution is -0.121. The van der Waals surface area contributed by atoms with Crippen molar-refractivity contribution in [3.05, 3.63) is 0 Å². The summed E-state index contributed by atoms with van der Waals surface area (Å²) in [6.45, 7) is 5.45. The Morgan fingerprint density at radius 1 is 1.64 bits per heavy atom. The van der Waals surface area contributed by atoms with Crippen molar-refractivity contribution in [1.29, 1.82) is 0 Å². The molecule has 1 amide bonds. The Balaban J connectivity index is 3.99. The highest BCUT2D eigenvalue weighted by Gasteiger charge is 2.20. The van der Waals surface area contributed by atoms with Gasteiger partial charge in [0.2, 0.25) is 5.91 Å². The SMILES string of the molecule is CC(C)(C)N[C@H](CO)C(N)=O. The van der Waals surface area contributed by atoms with Crippen LogP contribution in [0.5, 0.6) is 0 Å². The number of amides is 1. The summed E-state index contributed by atoms with van der Waals surface area (Å²) in [5.74, 6) is -0.526. The summed E-state index contributed by atoms with van der Waals surface area (Å²) < 4.78 is 0. The van der Waals surface area contributed by atoms with Crippen molar-refractivity contribution >= 4 is 5.91 Å². The first-order chi connectivity index (χ1) is 4.87. The van der Waals surface area contributed by atoms with E-state index in [1.807, 2.05) is 20.8 Å². The molecule has 0 fully saturated rings. The number of nitrogens with two attached hydrogens (primary N) is 1. The van der Waals surface area contributed by atoms with E-state index in [2.05, 4.69) is 5.32 Å². The summed E-state index contributed by atoms with van der Waals surface area (Å²) in [7, 11) is 0. The molecule has 0 unspecified atom stereocenters. The number of primary amides is 1. The second-order valence-corrected chi connectivity index (χ2v) is 3.53. The zero-order valence-electron chi connectivity index (χ0n) is 7.22. The van der Waals surface area contributed by atoms with Gasteiger partial charge in [0.05, 0.1) is 6.61 Å². The number of hydrogen-bond acceptors (Lipinski definition) is 3. The van der Waals surface area contributed by atoms with Gasteiger partial charge in [-0.1, -0.05) is 0 Å². The van der Waals surface area contributed by atoms with Crippen LogP contribution in [-0.4, -0.2) is 29.2 Å². The Labute approximate surface area is 66.8 Å². The van der Waals surface area contributed by atoms with E-state index in [0.29, 0.717) is 0 Å². The second kappa shape index (κ2) is 3.69. The van der Waals surface area contributed by atoms with E-state index in [1.165, 1.54) is 0 Å². The maximum Gasteiger partial charge on any atom is 0.236 e. The molecule has 0 rings (SSSR count). The zero-order valence-corrected chi connectivity index (χ0v) is 7.22. The first kappa shape index (κ1) is 10.4. The van der Waals surface area contributed by atoms with E-state index in [-0.39, 0.29) is 12.1 Å². The first-order valence-corrected chi connectivity index (χ1v) is 3.54. The molecule has 0 radical (unpaired) electrons. The van der Waals surface area contributed by atoms with Crippen LogP contribution in [0.25, 0.3) is 0 Å². The van der Waals surface area contributed by atoms with Gasteiger partial charge in [0.15, 0.2) is 0 Å². The molecule has 0 bridgehead atoms. The van der Waals surface area contributed by atoms with Crippen LogP contribution in [-0.2, 0) is 4.79 Å². The van der Waals surface area contributed by atoms with Crippen molar-refractivity contribution in [2.45, 2.75) is 32.4 Å². The average Bonchev–Trinajstić information content (AvgIpc) is 1.80. The molecule has 0 aliphatic carbocycles. The van der Waals surface area contributed by atoms with Crippen molar-refractivity contribution in [1.82, 2.24) is 5.32 Å². The van der Waals surface area contributed by atoms with Gasteiger partial charge in [-0.25, -0.2) is 0 Å². The minimum absolute atomic E-state index is 0.206. The lowest BCUT2D eigenvalue weighted by atomic mass is 10.1. The van der Waals surface area contributed by atoms with E-state index < -0.39 is 11.9 Å². The smallest absolute Gasteiger partial charge is 0.236 e. The van der Waals surface area contributed by atoms with Gasteiger partial charge < -0.3 is 10.8 Å². The van der Waals surface area contributed by atoms with Crippen molar-refractivity contribution in [3.63, 3.8) is 0 Å². The fourth-order valence-corrected chi connectivity index (χ4v) is 0.729. The van der Waals surface area contributed by atoms with Crippen molar-refractivity contribution in [3.8, 4) is 0 Å². The molecular weight excluding hydrogens is 144 g/mol. The molecule has 0 aromatic carbocycles. The molecule has 0 aromatic rings. The normalized spacial score (nSPS) is 14.5. The lowest BCUT2D eigenvalue weighted by Gasteiger charge is -2.25. The number of nitrogens with one attached hydrogen (secondary N) is 1. The predicted octanol–water partition coefficient (Wildman–Crippen LogP) is -0.779. The Kier molecular flexibility index (Phi) is 3.48. The summed E-state index contributed by atoms with van der Waals surface area (Å²) in [6, 6.07) is -0.644. The number of aliphatic hydroxyl groups is 1. The summed E-state index contributed by atoms with van der Waals surface area (Å²) in [5, 5.41) is 11.6. The van der Waals surface area contributed by atoms with Gasteiger partial charge in [0.1, 0.15) is 6.04 Å². The van der Waals surface area contributed by atoms with E-state index in [0.717, 1.165) is 0 Å². The average molecular weight is 160 g/mol. The maximum atomic E-state index is 10.6. The van der Waals surface area contributed by atoms with E-state index in [9.17, 15) is 4.79 Å². The molecule has 4 N–H and O–H groups in total. The number of hydrogen-bond donors (Lipinski definition) is 3. The van der Waals surface area contributed by atoms with Crippen molar-refractivity contribution in [2.24, 2.45) is 5.73 Å². The van der Waals surface area contributed by atoms with Crippen LogP contribution in [0.4, 0.5) is 0 Å². The molecule has 0 saturated carbocycles. The molecule has 0 saturated heterocycles. The van der Waals surface area contributed by atoms with Crippen LogP contribution in [0, 0.1) is 0 Å². The van der Waals surface area contributed by atoms with E-state index >= 15 is 0 Å². The van der Waals surface area contributed by atoms with Gasteiger partial charge >= 0.3 is 0 Å². The van der Waals surface area contributed by atoms with Gasteiger partial charge in [0.25, 0.3) is 0 Å². The van der Waals surface area contributed by atoms with Gasteiger partial charge in [-0.2, -0.15) is 0 Å². The quantitative estimate of drug-likeness (QED) is 0.507. The Hall–Kier alpha value is -0.610. The third-order valence-corrected chi connectivity index (χ3v) is 1.13. The lowest BCUT2D eigenvalue weighted by Crippen LogP contribution is -2.52. The van der Waals surface area contributed by atoms with Crippen molar-refractivity contribution in [2.75, 3.05) is 6.61 Å². The first-order valence-electron chi connectivity index (χ1n) is 3.54. The van der Waals surface area contributed by atoms with Crippen LogP contribution in [0.2, 0.25) is 0 Å². The largest absolute Gasteiger partial charge is 0.394 e. The van der Waals surface area contributed by atoms with Crippen LogP contribution in [0.3, 0.4) is 0 Å².